The van der Waals surface area contributed by atoms with E-state index in [9.17, 15) is 19.1 Å². The van der Waals surface area contributed by atoms with Crippen molar-refractivity contribution in [3.8, 4) is 0 Å². The maximum atomic E-state index is 13.4. The molecule has 4 N–H and O–H groups in total. The molecule has 0 radical (unpaired) electrons. The molecule has 1 heterocycles. The predicted octanol–water partition coefficient (Wildman–Crippen LogP) is 1.88. The van der Waals surface area contributed by atoms with Crippen molar-refractivity contribution >= 4 is 29.1 Å². The maximum Gasteiger partial charge on any atom is 0.253 e. The third-order valence-corrected chi connectivity index (χ3v) is 5.01. The van der Waals surface area contributed by atoms with Gasteiger partial charge in [-0.3, -0.25) is 9.59 Å². The summed E-state index contributed by atoms with van der Waals surface area (Å²) in [6.07, 6.45) is 0.648. The number of aliphatic hydroxyl groups is 1. The zero-order chi connectivity index (χ0) is 20.3. The monoisotopic (exact) mass is 405 g/mol. The minimum Gasteiger partial charge on any atom is -0.378 e. The van der Waals surface area contributed by atoms with Gasteiger partial charge in [0.2, 0.25) is 5.91 Å². The molecule has 1 aliphatic heterocycles. The molecule has 8 heteroatoms. The largest absolute Gasteiger partial charge is 0.378 e. The molecule has 0 aliphatic carbocycles. The molecule has 1 aliphatic rings. The molecular formula is C20H21ClFN3O3. The van der Waals surface area contributed by atoms with Gasteiger partial charge in [0.1, 0.15) is 5.82 Å². The SMILES string of the molecule is NC(=O)c1cccc(N2CC[C@@](O)(C(=O)NCCc3cc(F)cc(Cl)c3)C2)c1. The Hall–Kier alpha value is -2.64. The first-order valence-electron chi connectivity index (χ1n) is 8.87. The van der Waals surface area contributed by atoms with Crippen LogP contribution in [-0.2, 0) is 11.2 Å². The van der Waals surface area contributed by atoms with Crippen molar-refractivity contribution in [1.82, 2.24) is 5.32 Å². The summed E-state index contributed by atoms with van der Waals surface area (Å²) in [5.74, 6) is -1.45. The van der Waals surface area contributed by atoms with Crippen molar-refractivity contribution in [2.75, 3.05) is 24.5 Å². The molecule has 2 amide bonds. The number of carbonyl (C=O) groups excluding carboxylic acids is 2. The van der Waals surface area contributed by atoms with E-state index in [1.807, 2.05) is 4.90 Å². The number of nitrogens with two attached hydrogens (primary N) is 1. The fourth-order valence-corrected chi connectivity index (χ4v) is 3.54. The maximum absolute atomic E-state index is 13.4. The average molecular weight is 406 g/mol. The molecule has 148 valence electrons. The third kappa shape index (κ3) is 4.61. The van der Waals surface area contributed by atoms with Crippen LogP contribution >= 0.6 is 11.6 Å². The third-order valence-electron chi connectivity index (χ3n) is 4.79. The summed E-state index contributed by atoms with van der Waals surface area (Å²) in [5.41, 5.74) is 5.51. The molecule has 2 aromatic rings. The molecule has 6 nitrogen and oxygen atoms in total. The van der Waals surface area contributed by atoms with Crippen molar-refractivity contribution in [2.24, 2.45) is 5.73 Å². The molecule has 3 rings (SSSR count). The highest BCUT2D eigenvalue weighted by molar-refractivity contribution is 6.30. The molecule has 1 saturated heterocycles. The number of benzene rings is 2. The van der Waals surface area contributed by atoms with Crippen LogP contribution in [0.25, 0.3) is 0 Å². The Kier molecular flexibility index (Phi) is 5.86. The standard InChI is InChI=1S/C20H21ClFN3O3/c21-15-8-13(9-16(22)11-15)4-6-24-19(27)20(28)5-7-25(12-20)17-3-1-2-14(10-17)18(23)26/h1-3,8-11,28H,4-7,12H2,(H2,23,26)(H,24,27)/t20-/m0/s1. The number of nitrogens with one attached hydrogen (secondary N) is 1. The molecule has 0 unspecified atom stereocenters. The van der Waals surface area contributed by atoms with Crippen LogP contribution in [0, 0.1) is 5.82 Å². The number of rotatable bonds is 6. The van der Waals surface area contributed by atoms with E-state index in [1.54, 1.807) is 30.3 Å². The van der Waals surface area contributed by atoms with E-state index in [0.717, 1.165) is 5.69 Å². The first-order chi connectivity index (χ1) is 13.3. The van der Waals surface area contributed by atoms with Gasteiger partial charge in [-0.15, -0.1) is 0 Å². The number of hydrogen-bond acceptors (Lipinski definition) is 4. The van der Waals surface area contributed by atoms with Gasteiger partial charge in [0, 0.05) is 35.8 Å². The predicted molar refractivity (Wildman–Crippen MR) is 105 cm³/mol. The minimum absolute atomic E-state index is 0.104. The van der Waals surface area contributed by atoms with E-state index >= 15 is 0 Å². The van der Waals surface area contributed by atoms with Gasteiger partial charge in [-0.2, -0.15) is 0 Å². The molecular weight excluding hydrogens is 385 g/mol. The summed E-state index contributed by atoms with van der Waals surface area (Å²) in [4.78, 5) is 25.7. The van der Waals surface area contributed by atoms with Gasteiger partial charge in [0.05, 0.1) is 6.54 Å². The molecule has 2 aromatic carbocycles. The number of β-amino-alcohol motifs (C(OH)–C–C–N with tert-alkyl or cyclic N) is 1. The number of nitrogens with zero attached hydrogens (tertiary/aromatic N) is 1. The second kappa shape index (κ2) is 8.16. The van der Waals surface area contributed by atoms with Crippen molar-refractivity contribution in [2.45, 2.75) is 18.4 Å². The zero-order valence-corrected chi connectivity index (χ0v) is 15.9. The summed E-state index contributed by atoms with van der Waals surface area (Å²) in [6.45, 7) is 0.816. The first-order valence-corrected chi connectivity index (χ1v) is 9.25. The fourth-order valence-electron chi connectivity index (χ4n) is 3.30. The van der Waals surface area contributed by atoms with E-state index in [-0.39, 0.29) is 19.5 Å². The van der Waals surface area contributed by atoms with Crippen LogP contribution in [-0.4, -0.2) is 42.2 Å². The Balaban J connectivity index is 1.58. The highest BCUT2D eigenvalue weighted by Crippen LogP contribution is 2.27. The van der Waals surface area contributed by atoms with Crippen molar-refractivity contribution in [3.63, 3.8) is 0 Å². The first kappa shape index (κ1) is 20.1. The number of amides is 2. The second-order valence-electron chi connectivity index (χ2n) is 6.90. The van der Waals surface area contributed by atoms with Gasteiger partial charge in [0.15, 0.2) is 5.60 Å². The molecule has 28 heavy (non-hydrogen) atoms. The summed E-state index contributed by atoms with van der Waals surface area (Å²) < 4.78 is 13.4. The summed E-state index contributed by atoms with van der Waals surface area (Å²) in [6, 6.07) is 11.0. The van der Waals surface area contributed by atoms with Crippen LogP contribution < -0.4 is 16.0 Å². The van der Waals surface area contributed by atoms with Crippen molar-refractivity contribution in [3.05, 3.63) is 64.4 Å². The van der Waals surface area contributed by atoms with Crippen LogP contribution in [0.4, 0.5) is 10.1 Å². The van der Waals surface area contributed by atoms with Crippen LogP contribution in [0.1, 0.15) is 22.3 Å². The molecule has 1 atom stereocenters. The smallest absolute Gasteiger partial charge is 0.253 e. The zero-order valence-electron chi connectivity index (χ0n) is 15.1. The number of anilines is 1. The van der Waals surface area contributed by atoms with E-state index in [1.165, 1.54) is 12.1 Å². The lowest BCUT2D eigenvalue weighted by molar-refractivity contribution is -0.137. The molecule has 0 saturated carbocycles. The van der Waals surface area contributed by atoms with E-state index in [0.29, 0.717) is 29.1 Å². The lowest BCUT2D eigenvalue weighted by Gasteiger charge is -2.24. The van der Waals surface area contributed by atoms with E-state index in [2.05, 4.69) is 5.32 Å². The van der Waals surface area contributed by atoms with Gasteiger partial charge in [-0.25, -0.2) is 4.39 Å². The van der Waals surface area contributed by atoms with Crippen molar-refractivity contribution in [1.29, 1.82) is 0 Å². The Bertz CT molecular complexity index is 888. The van der Waals surface area contributed by atoms with Crippen LogP contribution in [0.5, 0.6) is 0 Å². The number of hydrogen-bond donors (Lipinski definition) is 3. The Morgan fingerprint density at radius 3 is 2.79 bits per heavy atom. The van der Waals surface area contributed by atoms with E-state index in [4.69, 9.17) is 17.3 Å². The van der Waals surface area contributed by atoms with Crippen LogP contribution in [0.2, 0.25) is 5.02 Å². The summed E-state index contributed by atoms with van der Waals surface area (Å²) in [7, 11) is 0. The molecule has 0 bridgehead atoms. The number of carbonyl (C=O) groups is 2. The summed E-state index contributed by atoms with van der Waals surface area (Å²) in [5, 5.41) is 13.7. The van der Waals surface area contributed by atoms with Crippen molar-refractivity contribution < 1.29 is 19.1 Å². The fraction of sp³-hybridized carbons (Fsp3) is 0.300. The Morgan fingerprint density at radius 2 is 2.07 bits per heavy atom. The number of halogens is 2. The number of primary amides is 1. The van der Waals surface area contributed by atoms with Gasteiger partial charge >= 0.3 is 0 Å². The van der Waals surface area contributed by atoms with Gasteiger partial charge in [0.25, 0.3) is 5.91 Å². The summed E-state index contributed by atoms with van der Waals surface area (Å²) >= 11 is 5.82. The molecule has 1 fully saturated rings. The van der Waals surface area contributed by atoms with Gasteiger partial charge < -0.3 is 21.1 Å². The Labute approximate surface area is 167 Å². The van der Waals surface area contributed by atoms with Crippen LogP contribution in [0.3, 0.4) is 0 Å². The van der Waals surface area contributed by atoms with Crippen LogP contribution in [0.15, 0.2) is 42.5 Å². The second-order valence-corrected chi connectivity index (χ2v) is 7.34. The highest BCUT2D eigenvalue weighted by atomic mass is 35.5. The lowest BCUT2D eigenvalue weighted by atomic mass is 10.0. The Morgan fingerprint density at radius 1 is 1.29 bits per heavy atom. The molecule has 0 aromatic heterocycles. The van der Waals surface area contributed by atoms with Gasteiger partial charge in [-0.1, -0.05) is 17.7 Å². The highest BCUT2D eigenvalue weighted by Gasteiger charge is 2.42. The minimum atomic E-state index is -1.54. The topological polar surface area (TPSA) is 95.7 Å². The van der Waals surface area contributed by atoms with E-state index < -0.39 is 23.2 Å². The normalized spacial score (nSPS) is 18.9. The molecule has 0 spiro atoms. The van der Waals surface area contributed by atoms with Gasteiger partial charge in [-0.05, 0) is 48.4 Å². The average Bonchev–Trinajstić information content (AvgIpc) is 3.04. The quantitative estimate of drug-likeness (QED) is 0.683. The lowest BCUT2D eigenvalue weighted by Crippen LogP contribution is -2.49.